The largest absolute Gasteiger partial charge is 0.445 e. The Bertz CT molecular complexity index is 638. The third-order valence-electron chi connectivity index (χ3n) is 3.06. The lowest BCUT2D eigenvalue weighted by Crippen LogP contribution is -2.31. The summed E-state index contributed by atoms with van der Waals surface area (Å²) in [5.41, 5.74) is 0.474. The van der Waals surface area contributed by atoms with E-state index < -0.39 is 35.6 Å². The van der Waals surface area contributed by atoms with Gasteiger partial charge in [-0.15, -0.1) is 0 Å². The Kier molecular flexibility index (Phi) is 5.41. The Morgan fingerprint density at radius 1 is 1.23 bits per heavy atom. The van der Waals surface area contributed by atoms with Gasteiger partial charge in [-0.25, -0.2) is 13.6 Å². The molecule has 0 radical (unpaired) electrons. The van der Waals surface area contributed by atoms with Crippen molar-refractivity contribution < 1.29 is 23.1 Å². The van der Waals surface area contributed by atoms with E-state index in [-0.39, 0.29) is 6.61 Å². The van der Waals surface area contributed by atoms with Gasteiger partial charge in [0.25, 0.3) is 0 Å². The molecule has 1 aromatic rings. The van der Waals surface area contributed by atoms with Gasteiger partial charge in [0.15, 0.2) is 5.78 Å². The quantitative estimate of drug-likeness (QED) is 0.850. The molecule has 0 saturated carbocycles. The van der Waals surface area contributed by atoms with Gasteiger partial charge >= 0.3 is 6.09 Å². The molecule has 1 amide bonds. The van der Waals surface area contributed by atoms with Crippen molar-refractivity contribution >= 4 is 11.9 Å². The first kappa shape index (κ1) is 15.9. The number of Topliss-reactive ketones (excluding diaryl/α,β-unsaturated/α-hetero) is 1. The molecule has 0 aromatic heterocycles. The molecule has 0 unspecified atom stereocenters. The summed E-state index contributed by atoms with van der Waals surface area (Å²) in [6.07, 6.45) is 6.87. The molecule has 1 aliphatic rings. The van der Waals surface area contributed by atoms with Crippen LogP contribution in [0.15, 0.2) is 42.0 Å². The van der Waals surface area contributed by atoms with Gasteiger partial charge < -0.3 is 10.1 Å². The Hall–Kier alpha value is -2.50. The van der Waals surface area contributed by atoms with Gasteiger partial charge in [0.1, 0.15) is 18.2 Å². The number of rotatable bonds is 5. The van der Waals surface area contributed by atoms with E-state index in [0.717, 1.165) is 36.6 Å². The molecule has 116 valence electrons. The van der Waals surface area contributed by atoms with Crippen LogP contribution in [0.25, 0.3) is 0 Å². The molecule has 0 saturated heterocycles. The number of nitrogens with one attached hydrogen (secondary N) is 1. The number of benzene rings is 1. The van der Waals surface area contributed by atoms with Crippen molar-refractivity contribution in [3.63, 3.8) is 0 Å². The molecule has 0 fully saturated rings. The smallest absolute Gasteiger partial charge is 0.407 e. The van der Waals surface area contributed by atoms with Crippen molar-refractivity contribution in [1.29, 1.82) is 0 Å². The summed E-state index contributed by atoms with van der Waals surface area (Å²) in [5, 5.41) is 2.22. The van der Waals surface area contributed by atoms with Crippen LogP contribution in [0.1, 0.15) is 23.2 Å². The molecule has 0 atom stereocenters. The number of ketones is 1. The van der Waals surface area contributed by atoms with Gasteiger partial charge in [0.2, 0.25) is 0 Å². The maximum Gasteiger partial charge on any atom is 0.407 e. The van der Waals surface area contributed by atoms with E-state index in [0.29, 0.717) is 0 Å². The van der Waals surface area contributed by atoms with E-state index >= 15 is 0 Å². The number of carbonyl (C=O) groups excluding carboxylic acids is 2. The van der Waals surface area contributed by atoms with Crippen molar-refractivity contribution in [3.05, 3.63) is 59.2 Å². The fraction of sp³-hybridized carbons (Fsp3) is 0.250. The Balaban J connectivity index is 1.80. The highest BCUT2D eigenvalue weighted by molar-refractivity contribution is 5.99. The second-order valence-corrected chi connectivity index (χ2v) is 4.74. The molecule has 2 rings (SSSR count). The zero-order chi connectivity index (χ0) is 15.9. The second-order valence-electron chi connectivity index (χ2n) is 4.74. The Labute approximate surface area is 126 Å². The number of halogens is 2. The van der Waals surface area contributed by atoms with Crippen LogP contribution in [0.2, 0.25) is 0 Å². The number of carbonyl (C=O) groups is 2. The zero-order valence-electron chi connectivity index (χ0n) is 11.8. The molecular weight excluding hydrogens is 292 g/mol. The maximum absolute atomic E-state index is 13.4. The molecule has 0 aliphatic heterocycles. The van der Waals surface area contributed by atoms with Gasteiger partial charge in [0.05, 0.1) is 12.1 Å². The van der Waals surface area contributed by atoms with E-state index in [2.05, 4.69) is 5.32 Å². The lowest BCUT2D eigenvalue weighted by molar-refractivity contribution is 0.0976. The molecule has 0 bridgehead atoms. The minimum Gasteiger partial charge on any atom is -0.445 e. The SMILES string of the molecule is O=C(NCC(=O)c1cc(F)ccc1F)OCC1=CCCC=C1. The van der Waals surface area contributed by atoms with Crippen LogP contribution in [0.3, 0.4) is 0 Å². The average Bonchev–Trinajstić information content (AvgIpc) is 2.54. The average molecular weight is 307 g/mol. The predicted octanol–water partition coefficient (Wildman–Crippen LogP) is 3.15. The molecule has 1 N–H and O–H groups in total. The zero-order valence-corrected chi connectivity index (χ0v) is 11.8. The van der Waals surface area contributed by atoms with E-state index in [4.69, 9.17) is 4.74 Å². The van der Waals surface area contributed by atoms with E-state index in [1.807, 2.05) is 18.2 Å². The van der Waals surface area contributed by atoms with Crippen LogP contribution in [0.5, 0.6) is 0 Å². The van der Waals surface area contributed by atoms with Crippen LogP contribution in [0.4, 0.5) is 13.6 Å². The van der Waals surface area contributed by atoms with E-state index in [9.17, 15) is 18.4 Å². The normalized spacial score (nSPS) is 13.5. The predicted molar refractivity (Wildman–Crippen MR) is 76.5 cm³/mol. The van der Waals surface area contributed by atoms with Crippen molar-refractivity contribution in [2.45, 2.75) is 12.8 Å². The maximum atomic E-state index is 13.4. The molecule has 4 nitrogen and oxygen atoms in total. The fourth-order valence-electron chi connectivity index (χ4n) is 1.93. The highest BCUT2D eigenvalue weighted by atomic mass is 19.1. The summed E-state index contributed by atoms with van der Waals surface area (Å²) in [5.74, 6) is -2.28. The number of alkyl carbamates (subject to hydrolysis) is 1. The Morgan fingerprint density at radius 2 is 2.05 bits per heavy atom. The van der Waals surface area contributed by atoms with Gasteiger partial charge in [-0.3, -0.25) is 4.79 Å². The third-order valence-corrected chi connectivity index (χ3v) is 3.06. The number of allylic oxidation sites excluding steroid dienone is 2. The lowest BCUT2D eigenvalue weighted by Gasteiger charge is -2.09. The molecule has 1 aliphatic carbocycles. The molecule has 6 heteroatoms. The first-order chi connectivity index (χ1) is 10.6. The van der Waals surface area contributed by atoms with Crippen LogP contribution < -0.4 is 5.32 Å². The van der Waals surface area contributed by atoms with Crippen LogP contribution in [0, 0.1) is 11.6 Å². The third kappa shape index (κ3) is 4.51. The Morgan fingerprint density at radius 3 is 2.77 bits per heavy atom. The number of hydrogen-bond acceptors (Lipinski definition) is 3. The number of ether oxygens (including phenoxy) is 1. The van der Waals surface area contributed by atoms with Crippen LogP contribution >= 0.6 is 0 Å². The minimum absolute atomic E-state index is 0.102. The molecule has 0 heterocycles. The fourth-order valence-corrected chi connectivity index (χ4v) is 1.93. The molecule has 22 heavy (non-hydrogen) atoms. The topological polar surface area (TPSA) is 55.4 Å². The summed E-state index contributed by atoms with van der Waals surface area (Å²) in [6, 6.07) is 2.57. The summed E-state index contributed by atoms with van der Waals surface area (Å²) < 4.78 is 31.3. The summed E-state index contributed by atoms with van der Waals surface area (Å²) in [7, 11) is 0. The summed E-state index contributed by atoms with van der Waals surface area (Å²) in [6.45, 7) is -0.362. The standard InChI is InChI=1S/C16H15F2NO3/c17-12-6-7-14(18)13(8-12)15(20)9-19-16(21)22-10-11-4-2-1-3-5-11/h2,4-8H,1,3,9-10H2,(H,19,21). The van der Waals surface area contributed by atoms with Crippen molar-refractivity contribution in [2.75, 3.05) is 13.2 Å². The van der Waals surface area contributed by atoms with Gasteiger partial charge in [-0.2, -0.15) is 0 Å². The summed E-state index contributed by atoms with van der Waals surface area (Å²) >= 11 is 0. The number of hydrogen-bond donors (Lipinski definition) is 1. The second kappa shape index (κ2) is 7.49. The first-order valence-corrected chi connectivity index (χ1v) is 6.80. The molecule has 0 spiro atoms. The summed E-state index contributed by atoms with van der Waals surface area (Å²) in [4.78, 5) is 23.2. The van der Waals surface area contributed by atoms with Crippen LogP contribution in [-0.2, 0) is 4.74 Å². The molecular formula is C16H15F2NO3. The van der Waals surface area contributed by atoms with Crippen molar-refractivity contribution in [3.8, 4) is 0 Å². The lowest BCUT2D eigenvalue weighted by atomic mass is 10.1. The van der Waals surface area contributed by atoms with Gasteiger partial charge in [0, 0.05) is 0 Å². The number of amides is 1. The van der Waals surface area contributed by atoms with E-state index in [1.165, 1.54) is 0 Å². The van der Waals surface area contributed by atoms with Gasteiger partial charge in [-0.1, -0.05) is 18.2 Å². The highest BCUT2D eigenvalue weighted by Gasteiger charge is 2.14. The first-order valence-electron chi connectivity index (χ1n) is 6.80. The van der Waals surface area contributed by atoms with Crippen molar-refractivity contribution in [1.82, 2.24) is 5.32 Å². The van der Waals surface area contributed by atoms with E-state index in [1.54, 1.807) is 0 Å². The highest BCUT2D eigenvalue weighted by Crippen LogP contribution is 2.11. The van der Waals surface area contributed by atoms with Gasteiger partial charge in [-0.05, 0) is 36.6 Å². The van der Waals surface area contributed by atoms with Crippen LogP contribution in [-0.4, -0.2) is 25.0 Å². The van der Waals surface area contributed by atoms with Crippen molar-refractivity contribution in [2.24, 2.45) is 0 Å². The molecule has 1 aromatic carbocycles. The minimum atomic E-state index is -0.834. The monoisotopic (exact) mass is 307 g/mol.